The minimum Gasteiger partial charge on any atom is -0.488 e. The third kappa shape index (κ3) is 7.15. The third-order valence-electron chi connectivity index (χ3n) is 6.39. The Morgan fingerprint density at radius 3 is 2.32 bits per heavy atom. The summed E-state index contributed by atoms with van der Waals surface area (Å²) in [4.78, 5) is 25.1. The predicted molar refractivity (Wildman–Crippen MR) is 153 cm³/mol. The van der Waals surface area contributed by atoms with Crippen molar-refractivity contribution < 1.29 is 36.3 Å². The Kier molecular flexibility index (Phi) is 8.93. The van der Waals surface area contributed by atoms with Crippen molar-refractivity contribution in [1.82, 2.24) is 9.62 Å². The monoisotopic (exact) mass is 620 g/mol. The number of sulfone groups is 1. The SMILES string of the molecule is CC(C)(C)Oc1ccc(C[C@H](NC(=O)[C@@H]2CCCN2S(=O)(=O)c2cc(S(=O)(=O)c3ccccc3)cs2)C(=O)O)cc1. The maximum Gasteiger partial charge on any atom is 0.326 e. The fraction of sp³-hybridized carbons (Fsp3) is 0.357. The number of sulfonamides is 1. The van der Waals surface area contributed by atoms with Gasteiger partial charge in [0.1, 0.15) is 27.6 Å². The van der Waals surface area contributed by atoms with Crippen molar-refractivity contribution in [1.29, 1.82) is 0 Å². The number of nitrogens with one attached hydrogen (secondary N) is 1. The Hall–Kier alpha value is -3.26. The lowest BCUT2D eigenvalue weighted by Gasteiger charge is -2.24. The molecule has 0 radical (unpaired) electrons. The van der Waals surface area contributed by atoms with Gasteiger partial charge in [0.25, 0.3) is 10.0 Å². The zero-order valence-electron chi connectivity index (χ0n) is 22.8. The number of nitrogens with zero attached hydrogens (tertiary/aromatic N) is 1. The molecule has 1 aromatic heterocycles. The van der Waals surface area contributed by atoms with Gasteiger partial charge in [0.05, 0.1) is 9.79 Å². The van der Waals surface area contributed by atoms with Crippen molar-refractivity contribution in [3.05, 3.63) is 71.6 Å². The molecule has 3 aromatic rings. The number of carbonyl (C=O) groups is 2. The van der Waals surface area contributed by atoms with Crippen molar-refractivity contribution in [2.24, 2.45) is 0 Å². The van der Waals surface area contributed by atoms with E-state index in [1.807, 2.05) is 20.8 Å². The molecule has 1 aliphatic heterocycles. The number of aliphatic carboxylic acids is 1. The number of rotatable bonds is 10. The summed E-state index contributed by atoms with van der Waals surface area (Å²) in [6.45, 7) is 5.78. The van der Waals surface area contributed by atoms with Crippen LogP contribution in [0.15, 0.2) is 80.0 Å². The van der Waals surface area contributed by atoms with E-state index in [9.17, 15) is 31.5 Å². The number of hydrogen-bond donors (Lipinski definition) is 2. The molecule has 1 amide bonds. The van der Waals surface area contributed by atoms with Gasteiger partial charge in [0.15, 0.2) is 0 Å². The van der Waals surface area contributed by atoms with Gasteiger partial charge in [-0.3, -0.25) is 4.79 Å². The molecule has 1 saturated heterocycles. The second-order valence-corrected chi connectivity index (χ2v) is 15.6. The predicted octanol–water partition coefficient (Wildman–Crippen LogP) is 3.72. The fourth-order valence-electron chi connectivity index (χ4n) is 4.47. The maximum absolute atomic E-state index is 13.5. The highest BCUT2D eigenvalue weighted by molar-refractivity contribution is 7.92. The van der Waals surface area contributed by atoms with Crippen LogP contribution in [0.3, 0.4) is 0 Å². The number of thiophene rings is 1. The van der Waals surface area contributed by atoms with Crippen LogP contribution in [-0.4, -0.2) is 62.4 Å². The first-order valence-electron chi connectivity index (χ1n) is 12.9. The number of benzene rings is 2. The van der Waals surface area contributed by atoms with Crippen LogP contribution in [0.4, 0.5) is 0 Å². The van der Waals surface area contributed by atoms with Crippen LogP contribution in [0.25, 0.3) is 0 Å². The second-order valence-electron chi connectivity index (χ2n) is 10.7. The van der Waals surface area contributed by atoms with Crippen molar-refractivity contribution in [2.75, 3.05) is 6.54 Å². The third-order valence-corrected chi connectivity index (χ3v) is 11.6. The Bertz CT molecular complexity index is 1610. The van der Waals surface area contributed by atoms with Crippen molar-refractivity contribution in [3.63, 3.8) is 0 Å². The van der Waals surface area contributed by atoms with Crippen LogP contribution in [0.1, 0.15) is 39.2 Å². The molecule has 1 fully saturated rings. The van der Waals surface area contributed by atoms with Gasteiger partial charge in [-0.15, -0.1) is 11.3 Å². The molecule has 2 heterocycles. The summed E-state index contributed by atoms with van der Waals surface area (Å²) in [7, 11) is -8.15. The Morgan fingerprint density at radius 1 is 1.05 bits per heavy atom. The summed E-state index contributed by atoms with van der Waals surface area (Å²) in [5, 5.41) is 13.5. The smallest absolute Gasteiger partial charge is 0.326 e. The van der Waals surface area contributed by atoms with Gasteiger partial charge in [0, 0.05) is 18.3 Å². The summed E-state index contributed by atoms with van der Waals surface area (Å²) in [6, 6.07) is 13.2. The first kappa shape index (κ1) is 30.7. The standard InChI is InChI=1S/C28H32N2O8S3/c1-28(2,3)38-20-13-11-19(12-14-20)16-23(27(32)33)29-26(31)24-10-7-15-30(24)41(36,37)25-17-22(18-39-25)40(34,35)21-8-5-4-6-9-21/h4-6,8-9,11-14,17-18,23-24H,7,10,15-16H2,1-3H3,(H,29,31)(H,32,33)/t23-,24-/m0/s1. The molecule has 0 bridgehead atoms. The fourth-order valence-corrected chi connectivity index (χ4v) is 9.16. The van der Waals surface area contributed by atoms with Gasteiger partial charge in [-0.1, -0.05) is 30.3 Å². The van der Waals surface area contributed by atoms with E-state index in [0.29, 0.717) is 17.7 Å². The van der Waals surface area contributed by atoms with Crippen LogP contribution in [0, 0.1) is 0 Å². The van der Waals surface area contributed by atoms with Crippen molar-refractivity contribution in [3.8, 4) is 5.75 Å². The van der Waals surface area contributed by atoms with Crippen LogP contribution in [0.5, 0.6) is 5.75 Å². The maximum atomic E-state index is 13.5. The molecule has 1 aliphatic rings. The van der Waals surface area contributed by atoms with E-state index in [1.165, 1.54) is 17.5 Å². The minimum atomic E-state index is -4.22. The number of carboxylic acids is 1. The molecule has 220 valence electrons. The Balaban J connectivity index is 1.48. The topological polar surface area (TPSA) is 147 Å². The summed E-state index contributed by atoms with van der Waals surface area (Å²) >= 11 is 0.759. The molecule has 2 atom stereocenters. The molecule has 0 spiro atoms. The normalized spacial score (nSPS) is 17.2. The van der Waals surface area contributed by atoms with Crippen LogP contribution in [0.2, 0.25) is 0 Å². The molecule has 0 saturated carbocycles. The number of carbonyl (C=O) groups excluding carboxylic acids is 1. The van der Waals surface area contributed by atoms with E-state index in [2.05, 4.69) is 5.32 Å². The highest BCUT2D eigenvalue weighted by Gasteiger charge is 2.41. The molecule has 2 N–H and O–H groups in total. The first-order valence-corrected chi connectivity index (χ1v) is 16.7. The van der Waals surface area contributed by atoms with Gasteiger partial charge in [0.2, 0.25) is 15.7 Å². The highest BCUT2D eigenvalue weighted by Crippen LogP contribution is 2.33. The van der Waals surface area contributed by atoms with Crippen LogP contribution in [-0.2, 0) is 35.9 Å². The zero-order valence-corrected chi connectivity index (χ0v) is 25.3. The molecule has 13 heteroatoms. The summed E-state index contributed by atoms with van der Waals surface area (Å²) in [5.41, 5.74) is 0.258. The quantitative estimate of drug-likeness (QED) is 0.349. The van der Waals surface area contributed by atoms with Crippen LogP contribution < -0.4 is 10.1 Å². The molecule has 41 heavy (non-hydrogen) atoms. The van der Waals surface area contributed by atoms with E-state index >= 15 is 0 Å². The molecule has 0 aliphatic carbocycles. The van der Waals surface area contributed by atoms with Crippen molar-refractivity contribution in [2.45, 2.75) is 71.7 Å². The van der Waals surface area contributed by atoms with Gasteiger partial charge in [-0.2, -0.15) is 4.31 Å². The average Bonchev–Trinajstić information content (AvgIpc) is 3.61. The first-order chi connectivity index (χ1) is 19.2. The highest BCUT2D eigenvalue weighted by atomic mass is 32.2. The molecule has 2 aromatic carbocycles. The number of amides is 1. The summed E-state index contributed by atoms with van der Waals surface area (Å²) in [6.07, 6.45) is 0.587. The summed E-state index contributed by atoms with van der Waals surface area (Å²) in [5.74, 6) is -1.35. The Morgan fingerprint density at radius 2 is 1.71 bits per heavy atom. The van der Waals surface area contributed by atoms with Crippen LogP contribution >= 0.6 is 11.3 Å². The number of hydrogen-bond acceptors (Lipinski definition) is 8. The zero-order chi connectivity index (χ0) is 30.0. The van der Waals surface area contributed by atoms with Gasteiger partial charge in [-0.25, -0.2) is 21.6 Å². The lowest BCUT2D eigenvalue weighted by molar-refractivity contribution is -0.142. The number of ether oxygens (including phenoxy) is 1. The molecular formula is C28H32N2O8S3. The summed E-state index contributed by atoms with van der Waals surface area (Å²) < 4.78 is 59.5. The molecule has 4 rings (SSSR count). The number of carboxylic acid groups (broad SMARTS) is 1. The van der Waals surface area contributed by atoms with E-state index < -0.39 is 49.4 Å². The van der Waals surface area contributed by atoms with Gasteiger partial charge >= 0.3 is 5.97 Å². The van der Waals surface area contributed by atoms with E-state index in [0.717, 1.165) is 21.7 Å². The second kappa shape index (κ2) is 11.9. The van der Waals surface area contributed by atoms with Gasteiger partial charge in [-0.05, 0) is 69.5 Å². The average molecular weight is 621 g/mol. The molecule has 10 nitrogen and oxygen atoms in total. The lowest BCUT2D eigenvalue weighted by Crippen LogP contribution is -2.51. The lowest BCUT2D eigenvalue weighted by atomic mass is 10.0. The van der Waals surface area contributed by atoms with Gasteiger partial charge < -0.3 is 15.2 Å². The van der Waals surface area contributed by atoms with E-state index in [1.54, 1.807) is 42.5 Å². The minimum absolute atomic E-state index is 0.0119. The Labute approximate surface area is 243 Å². The molecule has 0 unspecified atom stereocenters. The van der Waals surface area contributed by atoms with E-state index in [4.69, 9.17) is 4.74 Å². The van der Waals surface area contributed by atoms with E-state index in [-0.39, 0.29) is 33.4 Å². The largest absolute Gasteiger partial charge is 0.488 e. The molecular weight excluding hydrogens is 589 g/mol. The van der Waals surface area contributed by atoms with Crippen molar-refractivity contribution >= 4 is 43.1 Å².